The highest BCUT2D eigenvalue weighted by Crippen LogP contribution is 2.18. The molecule has 0 atom stereocenters. The molecule has 1 N–H and O–H groups in total. The summed E-state index contributed by atoms with van der Waals surface area (Å²) in [6, 6.07) is 6.06. The highest BCUT2D eigenvalue weighted by Gasteiger charge is 2.07. The predicted octanol–water partition coefficient (Wildman–Crippen LogP) is 2.29. The Morgan fingerprint density at radius 3 is 2.52 bits per heavy atom. The first-order valence-corrected chi connectivity index (χ1v) is 6.98. The first-order valence-electron chi connectivity index (χ1n) is 6.23. The fourth-order valence-electron chi connectivity index (χ4n) is 1.76. The van der Waals surface area contributed by atoms with Crippen molar-refractivity contribution in [1.29, 1.82) is 0 Å². The van der Waals surface area contributed by atoms with Gasteiger partial charge in [-0.3, -0.25) is 14.2 Å². The smallest absolute Gasteiger partial charge is 0.253 e. The second-order valence-electron chi connectivity index (χ2n) is 4.48. The van der Waals surface area contributed by atoms with Gasteiger partial charge in [0.25, 0.3) is 11.5 Å². The van der Waals surface area contributed by atoms with E-state index in [1.165, 1.54) is 29.1 Å². The number of hydrogen-bond acceptors (Lipinski definition) is 3. The molecule has 0 radical (unpaired) electrons. The maximum atomic E-state index is 11.9. The lowest BCUT2D eigenvalue weighted by atomic mass is 10.2. The number of nitrogens with one attached hydrogen (secondary N) is 1. The number of hydrogen-bond donors (Lipinski definition) is 1. The molecule has 0 saturated carbocycles. The van der Waals surface area contributed by atoms with Crippen molar-refractivity contribution in [3.63, 3.8) is 0 Å². The number of benzene rings is 1. The van der Waals surface area contributed by atoms with Gasteiger partial charge in [-0.2, -0.15) is 0 Å². The van der Waals surface area contributed by atoms with Crippen molar-refractivity contribution in [2.75, 3.05) is 6.54 Å². The Hall–Kier alpha value is -1.85. The van der Waals surface area contributed by atoms with E-state index in [9.17, 15) is 9.59 Å². The first kappa shape index (κ1) is 15.5. The molecule has 0 saturated heterocycles. The van der Waals surface area contributed by atoms with Crippen LogP contribution in [0.1, 0.15) is 16.1 Å². The van der Waals surface area contributed by atoms with E-state index < -0.39 is 0 Å². The largest absolute Gasteiger partial charge is 0.350 e. The third kappa shape index (κ3) is 4.31. The van der Waals surface area contributed by atoms with Crippen molar-refractivity contribution in [1.82, 2.24) is 14.9 Å². The molecule has 110 valence electrons. The average molecular weight is 326 g/mol. The van der Waals surface area contributed by atoms with Gasteiger partial charge in [0.1, 0.15) is 0 Å². The van der Waals surface area contributed by atoms with Gasteiger partial charge in [0, 0.05) is 40.5 Å². The fourth-order valence-corrected chi connectivity index (χ4v) is 2.29. The van der Waals surface area contributed by atoms with E-state index >= 15 is 0 Å². The minimum atomic E-state index is -0.299. The topological polar surface area (TPSA) is 64.0 Å². The summed E-state index contributed by atoms with van der Waals surface area (Å²) in [5.41, 5.74) is 0.887. The Bertz CT molecular complexity index is 708. The van der Waals surface area contributed by atoms with Crippen molar-refractivity contribution in [2.45, 2.75) is 13.5 Å². The van der Waals surface area contributed by atoms with Gasteiger partial charge in [-0.15, -0.1) is 0 Å². The summed E-state index contributed by atoms with van der Waals surface area (Å²) in [6.45, 7) is 2.39. The summed E-state index contributed by atoms with van der Waals surface area (Å²) in [7, 11) is 0. The minimum absolute atomic E-state index is 0.150. The Kier molecular flexibility index (Phi) is 4.98. The maximum absolute atomic E-state index is 11.9. The average Bonchev–Trinajstić information content (AvgIpc) is 2.40. The van der Waals surface area contributed by atoms with Gasteiger partial charge in [0.15, 0.2) is 0 Å². The molecule has 0 unspecified atom stereocenters. The van der Waals surface area contributed by atoms with Crippen LogP contribution in [0, 0.1) is 6.92 Å². The number of amides is 1. The molecule has 0 aliphatic rings. The lowest BCUT2D eigenvalue weighted by Gasteiger charge is -2.08. The van der Waals surface area contributed by atoms with Crippen LogP contribution in [-0.4, -0.2) is 22.0 Å². The number of aromatic nitrogens is 2. The van der Waals surface area contributed by atoms with E-state index in [4.69, 9.17) is 23.2 Å². The SMILES string of the molecule is Cc1cc(=O)n(CCNC(=O)c2cc(Cl)cc(Cl)c2)cn1. The molecule has 1 heterocycles. The van der Waals surface area contributed by atoms with Gasteiger partial charge in [0.2, 0.25) is 0 Å². The van der Waals surface area contributed by atoms with Crippen LogP contribution in [0.3, 0.4) is 0 Å². The molecule has 0 spiro atoms. The zero-order chi connectivity index (χ0) is 15.4. The molecule has 1 amide bonds. The molecule has 0 fully saturated rings. The quantitative estimate of drug-likeness (QED) is 0.938. The molecule has 2 rings (SSSR count). The van der Waals surface area contributed by atoms with E-state index in [2.05, 4.69) is 10.3 Å². The second-order valence-corrected chi connectivity index (χ2v) is 5.35. The van der Waals surface area contributed by atoms with Crippen LogP contribution in [0.25, 0.3) is 0 Å². The third-order valence-corrected chi connectivity index (χ3v) is 3.22. The van der Waals surface area contributed by atoms with E-state index in [0.717, 1.165) is 0 Å². The number of nitrogens with zero attached hydrogens (tertiary/aromatic N) is 2. The normalized spacial score (nSPS) is 10.4. The number of carbonyl (C=O) groups excluding carboxylic acids is 1. The van der Waals surface area contributed by atoms with Gasteiger partial charge in [-0.25, -0.2) is 4.98 Å². The molecule has 1 aromatic carbocycles. The van der Waals surface area contributed by atoms with Gasteiger partial charge in [0.05, 0.1) is 6.33 Å². The van der Waals surface area contributed by atoms with Crippen LogP contribution in [0.2, 0.25) is 10.0 Å². The fraction of sp³-hybridized carbons (Fsp3) is 0.214. The van der Waals surface area contributed by atoms with Crippen LogP contribution in [0.4, 0.5) is 0 Å². The first-order chi connectivity index (χ1) is 9.95. The lowest BCUT2D eigenvalue weighted by Crippen LogP contribution is -2.30. The third-order valence-electron chi connectivity index (χ3n) is 2.78. The van der Waals surface area contributed by atoms with Gasteiger partial charge < -0.3 is 5.32 Å². The highest BCUT2D eigenvalue weighted by atomic mass is 35.5. The summed E-state index contributed by atoms with van der Waals surface area (Å²) >= 11 is 11.7. The predicted molar refractivity (Wildman–Crippen MR) is 82.0 cm³/mol. The maximum Gasteiger partial charge on any atom is 0.253 e. The standard InChI is InChI=1S/C14H13Cl2N3O2/c1-9-4-13(20)19(8-18-9)3-2-17-14(21)10-5-11(15)7-12(16)6-10/h4-8H,2-3H2,1H3,(H,17,21). The zero-order valence-corrected chi connectivity index (χ0v) is 12.8. The summed E-state index contributed by atoms with van der Waals surface area (Å²) in [5, 5.41) is 3.49. The Labute approximate surface area is 131 Å². The molecule has 1 aromatic heterocycles. The molecule has 21 heavy (non-hydrogen) atoms. The molecule has 2 aromatic rings. The van der Waals surface area contributed by atoms with Crippen LogP contribution >= 0.6 is 23.2 Å². The molecule has 0 aliphatic carbocycles. The van der Waals surface area contributed by atoms with Crippen LogP contribution in [0.15, 0.2) is 35.4 Å². The zero-order valence-electron chi connectivity index (χ0n) is 11.3. The molecule has 0 bridgehead atoms. The van der Waals surface area contributed by atoms with E-state index in [1.807, 2.05) is 0 Å². The molecule has 5 nitrogen and oxygen atoms in total. The van der Waals surface area contributed by atoms with Crippen molar-refractivity contribution >= 4 is 29.1 Å². The Morgan fingerprint density at radius 1 is 1.24 bits per heavy atom. The molecule has 7 heteroatoms. The van der Waals surface area contributed by atoms with Crippen molar-refractivity contribution in [2.24, 2.45) is 0 Å². The Balaban J connectivity index is 1.96. The van der Waals surface area contributed by atoms with Crippen LogP contribution in [0.5, 0.6) is 0 Å². The van der Waals surface area contributed by atoms with Gasteiger partial charge in [-0.1, -0.05) is 23.2 Å². The monoisotopic (exact) mass is 325 g/mol. The molecular weight excluding hydrogens is 313 g/mol. The number of aryl methyl sites for hydroxylation is 1. The lowest BCUT2D eigenvalue weighted by molar-refractivity contribution is 0.0952. The van der Waals surface area contributed by atoms with Crippen molar-refractivity contribution in [3.8, 4) is 0 Å². The highest BCUT2D eigenvalue weighted by molar-refractivity contribution is 6.35. The molecule has 0 aliphatic heterocycles. The Morgan fingerprint density at radius 2 is 1.90 bits per heavy atom. The van der Waals surface area contributed by atoms with E-state index in [-0.39, 0.29) is 11.5 Å². The summed E-state index contributed by atoms with van der Waals surface area (Å²) in [4.78, 5) is 27.6. The number of halogens is 2. The van der Waals surface area contributed by atoms with Gasteiger partial charge in [-0.05, 0) is 25.1 Å². The van der Waals surface area contributed by atoms with E-state index in [1.54, 1.807) is 13.0 Å². The number of rotatable bonds is 4. The summed E-state index contributed by atoms with van der Waals surface area (Å²) in [6.07, 6.45) is 1.46. The van der Waals surface area contributed by atoms with Crippen molar-refractivity contribution < 1.29 is 4.79 Å². The van der Waals surface area contributed by atoms with Gasteiger partial charge >= 0.3 is 0 Å². The van der Waals surface area contributed by atoms with E-state index in [0.29, 0.717) is 34.4 Å². The summed E-state index contributed by atoms with van der Waals surface area (Å²) < 4.78 is 1.43. The van der Waals surface area contributed by atoms with Crippen molar-refractivity contribution in [3.05, 3.63) is 62.2 Å². The molecular formula is C14H13Cl2N3O2. The summed E-state index contributed by atoms with van der Waals surface area (Å²) in [5.74, 6) is -0.299. The number of carbonyl (C=O) groups is 1. The van der Waals surface area contributed by atoms with Crippen LogP contribution in [-0.2, 0) is 6.54 Å². The minimum Gasteiger partial charge on any atom is -0.350 e. The second kappa shape index (κ2) is 6.74. The van der Waals surface area contributed by atoms with Crippen LogP contribution < -0.4 is 10.9 Å².